The summed E-state index contributed by atoms with van der Waals surface area (Å²) in [6, 6.07) is 20.9. The molecule has 0 aromatic heterocycles. The van der Waals surface area contributed by atoms with Crippen molar-refractivity contribution < 1.29 is 18.0 Å². The fourth-order valence-corrected chi connectivity index (χ4v) is 5.65. The Morgan fingerprint density at radius 3 is 2.47 bits per heavy atom. The molecule has 3 aromatic rings. The van der Waals surface area contributed by atoms with Gasteiger partial charge in [0, 0.05) is 18.7 Å². The molecular weight excluding hydrogens is 426 g/mol. The van der Waals surface area contributed by atoms with Gasteiger partial charge in [-0.15, -0.1) is 0 Å². The topological polar surface area (TPSA) is 86.8 Å². The first-order chi connectivity index (χ1) is 15.4. The molecule has 0 fully saturated rings. The smallest absolute Gasteiger partial charge is 0.258 e. The van der Waals surface area contributed by atoms with Crippen LogP contribution in [-0.4, -0.2) is 37.6 Å². The molecule has 0 atom stereocenters. The van der Waals surface area contributed by atoms with Gasteiger partial charge in [0.15, 0.2) is 0 Å². The van der Waals surface area contributed by atoms with Crippen molar-refractivity contribution >= 4 is 33.2 Å². The van der Waals surface area contributed by atoms with Gasteiger partial charge in [-0.2, -0.15) is 4.31 Å². The lowest BCUT2D eigenvalue weighted by molar-refractivity contribution is -0.115. The molecule has 32 heavy (non-hydrogen) atoms. The van der Waals surface area contributed by atoms with Gasteiger partial charge in [0.1, 0.15) is 6.54 Å². The number of hydrogen-bond donors (Lipinski definition) is 1. The molecule has 2 heterocycles. The highest BCUT2D eigenvalue weighted by Gasteiger charge is 2.31. The summed E-state index contributed by atoms with van der Waals surface area (Å²) < 4.78 is 28.1. The van der Waals surface area contributed by atoms with E-state index in [1.807, 2.05) is 24.3 Å². The fraction of sp³-hybridized carbons (Fsp3) is 0.167. The van der Waals surface area contributed by atoms with Gasteiger partial charge < -0.3 is 5.32 Å². The third-order valence-corrected chi connectivity index (χ3v) is 7.67. The number of fused-ring (bicyclic) bond motifs is 2. The number of carbonyl (C=O) groups excluding carboxylic acids is 2. The van der Waals surface area contributed by atoms with E-state index in [9.17, 15) is 18.0 Å². The lowest BCUT2D eigenvalue weighted by Gasteiger charge is -2.30. The first kappa shape index (κ1) is 20.4. The highest BCUT2D eigenvalue weighted by atomic mass is 32.2. The van der Waals surface area contributed by atoms with Gasteiger partial charge in [0.2, 0.25) is 15.9 Å². The number of nitrogens with one attached hydrogen (secondary N) is 1. The average molecular weight is 448 g/mol. The number of para-hydroxylation sites is 2. The second kappa shape index (κ2) is 7.89. The standard InChI is InChI=1S/C24H21N3O4S/c28-23-16-27(22-11-4-3-10-21(22)25-23)24(29)18-8-5-9-20(14-18)32(30,31)26-13-12-17-6-1-2-7-19(17)15-26/h1-11,14H,12-13,15-16H2,(H,25,28). The molecule has 0 aliphatic carbocycles. The molecule has 2 aliphatic rings. The van der Waals surface area contributed by atoms with Gasteiger partial charge in [-0.1, -0.05) is 42.5 Å². The van der Waals surface area contributed by atoms with Crippen LogP contribution in [0.1, 0.15) is 21.5 Å². The van der Waals surface area contributed by atoms with Crippen molar-refractivity contribution in [1.29, 1.82) is 0 Å². The Labute approximate surface area is 186 Å². The summed E-state index contributed by atoms with van der Waals surface area (Å²) in [4.78, 5) is 26.8. The van der Waals surface area contributed by atoms with Crippen LogP contribution in [0.3, 0.4) is 0 Å². The number of carbonyl (C=O) groups is 2. The minimum absolute atomic E-state index is 0.0671. The summed E-state index contributed by atoms with van der Waals surface area (Å²) in [5.41, 5.74) is 3.49. The highest BCUT2D eigenvalue weighted by Crippen LogP contribution is 2.31. The summed E-state index contributed by atoms with van der Waals surface area (Å²) >= 11 is 0. The van der Waals surface area contributed by atoms with Crippen molar-refractivity contribution in [3.05, 3.63) is 89.5 Å². The molecule has 0 spiro atoms. The van der Waals surface area contributed by atoms with Crippen LogP contribution in [0.4, 0.5) is 11.4 Å². The van der Waals surface area contributed by atoms with E-state index in [1.165, 1.54) is 21.3 Å². The molecule has 0 radical (unpaired) electrons. The predicted molar refractivity (Wildman–Crippen MR) is 121 cm³/mol. The average Bonchev–Trinajstić information content (AvgIpc) is 2.82. The number of nitrogens with zero attached hydrogens (tertiary/aromatic N) is 2. The number of hydrogen-bond acceptors (Lipinski definition) is 4. The zero-order valence-corrected chi connectivity index (χ0v) is 18.0. The molecule has 2 amide bonds. The van der Waals surface area contributed by atoms with Gasteiger partial charge in [-0.05, 0) is 47.9 Å². The maximum atomic E-state index is 13.3. The molecule has 1 N–H and O–H groups in total. The highest BCUT2D eigenvalue weighted by molar-refractivity contribution is 7.89. The Balaban J connectivity index is 1.45. The third-order valence-electron chi connectivity index (χ3n) is 5.83. The van der Waals surface area contributed by atoms with Crippen LogP contribution in [0.5, 0.6) is 0 Å². The molecule has 162 valence electrons. The van der Waals surface area contributed by atoms with Gasteiger partial charge >= 0.3 is 0 Å². The van der Waals surface area contributed by atoms with Crippen LogP contribution >= 0.6 is 0 Å². The number of benzene rings is 3. The zero-order valence-electron chi connectivity index (χ0n) is 17.2. The van der Waals surface area contributed by atoms with Crippen LogP contribution in [0.25, 0.3) is 0 Å². The quantitative estimate of drug-likeness (QED) is 0.669. The molecule has 0 saturated heterocycles. The third kappa shape index (κ3) is 3.57. The van der Waals surface area contributed by atoms with E-state index in [0.29, 0.717) is 30.9 Å². The Morgan fingerprint density at radius 1 is 0.875 bits per heavy atom. The van der Waals surface area contributed by atoms with Gasteiger partial charge in [-0.25, -0.2) is 8.42 Å². The second-order valence-corrected chi connectivity index (χ2v) is 9.78. The van der Waals surface area contributed by atoms with Crippen LogP contribution in [0.15, 0.2) is 77.7 Å². The van der Waals surface area contributed by atoms with Gasteiger partial charge in [0.25, 0.3) is 5.91 Å². The lowest BCUT2D eigenvalue weighted by Crippen LogP contribution is -2.42. The van der Waals surface area contributed by atoms with Crippen molar-refractivity contribution in [1.82, 2.24) is 4.31 Å². The van der Waals surface area contributed by atoms with E-state index in [2.05, 4.69) is 5.32 Å². The van der Waals surface area contributed by atoms with Crippen LogP contribution in [-0.2, 0) is 27.8 Å². The van der Waals surface area contributed by atoms with E-state index < -0.39 is 15.9 Å². The zero-order chi connectivity index (χ0) is 22.3. The SMILES string of the molecule is O=C1CN(C(=O)c2cccc(S(=O)(=O)N3CCc4ccccc4C3)c2)c2ccccc2N1. The molecule has 0 bridgehead atoms. The van der Waals surface area contributed by atoms with Crippen molar-refractivity contribution in [3.8, 4) is 0 Å². The normalized spacial score (nSPS) is 16.1. The minimum atomic E-state index is -3.78. The molecule has 3 aromatic carbocycles. The van der Waals surface area contributed by atoms with Crippen molar-refractivity contribution in [2.24, 2.45) is 0 Å². The molecule has 7 nitrogen and oxygen atoms in total. The maximum absolute atomic E-state index is 13.3. The Morgan fingerprint density at radius 2 is 1.62 bits per heavy atom. The largest absolute Gasteiger partial charge is 0.323 e. The van der Waals surface area contributed by atoms with Gasteiger partial charge in [-0.3, -0.25) is 14.5 Å². The molecular formula is C24H21N3O4S. The van der Waals surface area contributed by atoms with Gasteiger partial charge in [0.05, 0.1) is 16.3 Å². The monoisotopic (exact) mass is 447 g/mol. The summed E-state index contributed by atoms with van der Waals surface area (Å²) in [5.74, 6) is -0.721. The van der Waals surface area contributed by atoms with Crippen molar-refractivity contribution in [2.75, 3.05) is 23.3 Å². The van der Waals surface area contributed by atoms with E-state index in [-0.39, 0.29) is 22.9 Å². The summed E-state index contributed by atoms with van der Waals surface area (Å²) in [6.45, 7) is 0.559. The summed E-state index contributed by atoms with van der Waals surface area (Å²) in [5, 5.41) is 2.75. The molecule has 8 heteroatoms. The molecule has 0 unspecified atom stereocenters. The predicted octanol–water partition coefficient (Wildman–Crippen LogP) is 3.03. The van der Waals surface area contributed by atoms with Crippen molar-refractivity contribution in [3.63, 3.8) is 0 Å². The van der Waals surface area contributed by atoms with Crippen molar-refractivity contribution in [2.45, 2.75) is 17.9 Å². The minimum Gasteiger partial charge on any atom is -0.323 e. The fourth-order valence-electron chi connectivity index (χ4n) is 4.18. The number of amides is 2. The summed E-state index contributed by atoms with van der Waals surface area (Å²) in [7, 11) is -3.78. The van der Waals surface area contributed by atoms with E-state index >= 15 is 0 Å². The van der Waals surface area contributed by atoms with E-state index in [4.69, 9.17) is 0 Å². The van der Waals surface area contributed by atoms with Crippen LogP contribution in [0, 0.1) is 0 Å². The summed E-state index contributed by atoms with van der Waals surface area (Å²) in [6.07, 6.45) is 0.647. The molecule has 5 rings (SSSR count). The Bertz CT molecular complexity index is 1340. The number of rotatable bonds is 3. The van der Waals surface area contributed by atoms with E-state index in [1.54, 1.807) is 36.4 Å². The first-order valence-electron chi connectivity index (χ1n) is 10.3. The second-order valence-electron chi connectivity index (χ2n) is 7.84. The maximum Gasteiger partial charge on any atom is 0.258 e. The Hall–Kier alpha value is -3.49. The number of sulfonamides is 1. The van der Waals surface area contributed by atoms with Crippen LogP contribution < -0.4 is 10.2 Å². The number of anilines is 2. The molecule has 0 saturated carbocycles. The Kier molecular flexibility index (Phi) is 5.03. The molecule has 2 aliphatic heterocycles. The van der Waals surface area contributed by atoms with E-state index in [0.717, 1.165) is 11.1 Å². The lowest BCUT2D eigenvalue weighted by atomic mass is 10.0. The van der Waals surface area contributed by atoms with Crippen LogP contribution in [0.2, 0.25) is 0 Å². The first-order valence-corrected chi connectivity index (χ1v) is 11.8.